The van der Waals surface area contributed by atoms with E-state index in [2.05, 4.69) is 16.3 Å². The Hall–Kier alpha value is -0.840. The Balaban J connectivity index is 1.32. The lowest BCUT2D eigenvalue weighted by atomic mass is 10.2. The number of likely N-dealkylation sites (tertiary alicyclic amines) is 1. The third-order valence-electron chi connectivity index (χ3n) is 4.38. The molecule has 19 heavy (non-hydrogen) atoms. The maximum atomic E-state index is 5.86. The Labute approximate surface area is 114 Å². The molecule has 2 saturated heterocycles. The van der Waals surface area contributed by atoms with E-state index in [9.17, 15) is 0 Å². The molecule has 1 saturated carbocycles. The molecule has 3 fully saturated rings. The summed E-state index contributed by atoms with van der Waals surface area (Å²) in [4.78, 5) is 2.47. The SMILES string of the molecule is c1oc(CN2CC3CCC(C2)O3)cc1CNC1CC1. The van der Waals surface area contributed by atoms with E-state index in [1.807, 2.05) is 6.26 Å². The van der Waals surface area contributed by atoms with Gasteiger partial charge in [-0.1, -0.05) is 0 Å². The van der Waals surface area contributed by atoms with Crippen LogP contribution in [0.25, 0.3) is 0 Å². The quantitative estimate of drug-likeness (QED) is 0.879. The first-order chi connectivity index (χ1) is 9.35. The van der Waals surface area contributed by atoms with E-state index in [0.717, 1.165) is 38.0 Å². The van der Waals surface area contributed by atoms with Crippen LogP contribution in [0, 0.1) is 0 Å². The fourth-order valence-electron chi connectivity index (χ4n) is 3.20. The van der Waals surface area contributed by atoms with E-state index in [0.29, 0.717) is 12.2 Å². The summed E-state index contributed by atoms with van der Waals surface area (Å²) < 4.78 is 11.5. The number of nitrogens with zero attached hydrogens (tertiary/aromatic N) is 1. The standard InChI is InChI=1S/C15H22N2O2/c1-2-12(1)16-6-11-5-15(18-10-11)9-17-7-13-3-4-14(8-17)19-13/h5,10,12-14,16H,1-4,6-9H2. The summed E-state index contributed by atoms with van der Waals surface area (Å²) in [5.74, 6) is 1.09. The fourth-order valence-corrected chi connectivity index (χ4v) is 3.20. The largest absolute Gasteiger partial charge is 0.468 e. The lowest BCUT2D eigenvalue weighted by molar-refractivity contribution is -0.0427. The van der Waals surface area contributed by atoms with E-state index < -0.39 is 0 Å². The minimum atomic E-state index is 0.463. The van der Waals surface area contributed by atoms with Gasteiger partial charge in [0.1, 0.15) is 5.76 Å². The van der Waals surface area contributed by atoms with Crippen molar-refractivity contribution in [2.45, 2.75) is 57.0 Å². The number of hydrogen-bond acceptors (Lipinski definition) is 4. The van der Waals surface area contributed by atoms with Crippen LogP contribution in [-0.2, 0) is 17.8 Å². The Morgan fingerprint density at radius 2 is 1.95 bits per heavy atom. The lowest BCUT2D eigenvalue weighted by Gasteiger charge is -2.31. The van der Waals surface area contributed by atoms with Gasteiger partial charge in [-0.2, -0.15) is 0 Å². The maximum Gasteiger partial charge on any atom is 0.118 e. The fraction of sp³-hybridized carbons (Fsp3) is 0.733. The van der Waals surface area contributed by atoms with Gasteiger partial charge in [-0.05, 0) is 31.7 Å². The van der Waals surface area contributed by atoms with Crippen molar-refractivity contribution in [2.75, 3.05) is 13.1 Å². The first-order valence-corrected chi connectivity index (χ1v) is 7.52. The molecule has 0 amide bonds. The second-order valence-corrected chi connectivity index (χ2v) is 6.23. The number of nitrogens with one attached hydrogen (secondary N) is 1. The second kappa shape index (κ2) is 4.93. The van der Waals surface area contributed by atoms with Gasteiger partial charge >= 0.3 is 0 Å². The Morgan fingerprint density at radius 1 is 1.16 bits per heavy atom. The maximum absolute atomic E-state index is 5.86. The molecule has 4 rings (SSSR count). The number of ether oxygens (including phenoxy) is 1. The van der Waals surface area contributed by atoms with Crippen LogP contribution in [0.4, 0.5) is 0 Å². The van der Waals surface area contributed by atoms with Crippen LogP contribution in [0.3, 0.4) is 0 Å². The van der Waals surface area contributed by atoms with Gasteiger partial charge in [0.15, 0.2) is 0 Å². The average molecular weight is 262 g/mol. The number of rotatable bonds is 5. The highest BCUT2D eigenvalue weighted by Crippen LogP contribution is 2.27. The van der Waals surface area contributed by atoms with Crippen molar-refractivity contribution in [3.63, 3.8) is 0 Å². The van der Waals surface area contributed by atoms with Crippen molar-refractivity contribution in [1.29, 1.82) is 0 Å². The molecule has 1 aliphatic carbocycles. The molecule has 2 atom stereocenters. The van der Waals surface area contributed by atoms with E-state index in [1.165, 1.54) is 31.2 Å². The summed E-state index contributed by atoms with van der Waals surface area (Å²) in [6.45, 7) is 4.00. The summed E-state index contributed by atoms with van der Waals surface area (Å²) in [5.41, 5.74) is 1.28. The van der Waals surface area contributed by atoms with Crippen LogP contribution < -0.4 is 5.32 Å². The van der Waals surface area contributed by atoms with Gasteiger partial charge in [-0.15, -0.1) is 0 Å². The van der Waals surface area contributed by atoms with Crippen LogP contribution in [0.2, 0.25) is 0 Å². The van der Waals surface area contributed by atoms with Crippen molar-refractivity contribution in [1.82, 2.24) is 10.2 Å². The molecule has 3 aliphatic rings. The topological polar surface area (TPSA) is 37.6 Å². The molecular weight excluding hydrogens is 240 g/mol. The molecule has 0 spiro atoms. The Morgan fingerprint density at radius 3 is 2.68 bits per heavy atom. The number of furan rings is 1. The predicted molar refractivity (Wildman–Crippen MR) is 71.7 cm³/mol. The number of hydrogen-bond donors (Lipinski definition) is 1. The third kappa shape index (κ3) is 2.86. The molecule has 4 heteroatoms. The summed E-state index contributed by atoms with van der Waals surface area (Å²) in [5, 5.41) is 3.52. The minimum Gasteiger partial charge on any atom is -0.468 e. The highest BCUT2D eigenvalue weighted by atomic mass is 16.5. The Bertz CT molecular complexity index is 429. The zero-order valence-corrected chi connectivity index (χ0v) is 11.3. The van der Waals surface area contributed by atoms with Crippen molar-refractivity contribution < 1.29 is 9.15 Å². The minimum absolute atomic E-state index is 0.463. The van der Waals surface area contributed by atoms with E-state index >= 15 is 0 Å². The summed E-state index contributed by atoms with van der Waals surface area (Å²) in [6, 6.07) is 2.96. The molecule has 2 aliphatic heterocycles. The molecule has 3 heterocycles. The van der Waals surface area contributed by atoms with E-state index in [1.54, 1.807) is 0 Å². The van der Waals surface area contributed by atoms with Crippen LogP contribution in [-0.4, -0.2) is 36.2 Å². The van der Waals surface area contributed by atoms with Gasteiger partial charge in [-0.25, -0.2) is 0 Å². The molecule has 1 N–H and O–H groups in total. The Kier molecular flexibility index (Phi) is 3.10. The van der Waals surface area contributed by atoms with Gasteiger partial charge in [-0.3, -0.25) is 4.90 Å². The lowest BCUT2D eigenvalue weighted by Crippen LogP contribution is -2.41. The van der Waals surface area contributed by atoms with Crippen molar-refractivity contribution in [2.24, 2.45) is 0 Å². The normalized spacial score (nSPS) is 30.9. The van der Waals surface area contributed by atoms with Crippen LogP contribution >= 0.6 is 0 Å². The van der Waals surface area contributed by atoms with Gasteiger partial charge in [0, 0.05) is 31.2 Å². The second-order valence-electron chi connectivity index (χ2n) is 6.23. The van der Waals surface area contributed by atoms with Gasteiger partial charge in [0.05, 0.1) is 25.0 Å². The van der Waals surface area contributed by atoms with Crippen LogP contribution in [0.1, 0.15) is 37.0 Å². The summed E-state index contributed by atoms with van der Waals surface area (Å²) >= 11 is 0. The smallest absolute Gasteiger partial charge is 0.118 e. The molecule has 4 nitrogen and oxygen atoms in total. The average Bonchev–Trinajstić information content (AvgIpc) is 3.04. The van der Waals surface area contributed by atoms with E-state index in [4.69, 9.17) is 9.15 Å². The zero-order valence-electron chi connectivity index (χ0n) is 11.3. The first kappa shape index (κ1) is 11.9. The molecular formula is C15H22N2O2. The molecule has 2 bridgehead atoms. The molecule has 1 aromatic rings. The van der Waals surface area contributed by atoms with Gasteiger partial charge in [0.25, 0.3) is 0 Å². The zero-order chi connectivity index (χ0) is 12.7. The van der Waals surface area contributed by atoms with Crippen LogP contribution in [0.15, 0.2) is 16.7 Å². The molecule has 0 aromatic carbocycles. The van der Waals surface area contributed by atoms with Crippen molar-refractivity contribution >= 4 is 0 Å². The van der Waals surface area contributed by atoms with E-state index in [-0.39, 0.29) is 0 Å². The number of morpholine rings is 1. The summed E-state index contributed by atoms with van der Waals surface area (Å²) in [7, 11) is 0. The highest BCUT2D eigenvalue weighted by Gasteiger charge is 2.33. The van der Waals surface area contributed by atoms with Crippen molar-refractivity contribution in [3.8, 4) is 0 Å². The number of fused-ring (bicyclic) bond motifs is 2. The van der Waals surface area contributed by atoms with Gasteiger partial charge < -0.3 is 14.5 Å². The first-order valence-electron chi connectivity index (χ1n) is 7.52. The highest BCUT2D eigenvalue weighted by molar-refractivity contribution is 5.13. The summed E-state index contributed by atoms with van der Waals surface area (Å²) in [6.07, 6.45) is 7.96. The molecule has 0 radical (unpaired) electrons. The van der Waals surface area contributed by atoms with Crippen molar-refractivity contribution in [3.05, 3.63) is 23.7 Å². The monoisotopic (exact) mass is 262 g/mol. The predicted octanol–water partition coefficient (Wildman–Crippen LogP) is 1.89. The molecule has 104 valence electrons. The molecule has 1 aromatic heterocycles. The molecule has 2 unspecified atom stereocenters. The third-order valence-corrected chi connectivity index (χ3v) is 4.38. The van der Waals surface area contributed by atoms with Gasteiger partial charge in [0.2, 0.25) is 0 Å². The van der Waals surface area contributed by atoms with Crippen LogP contribution in [0.5, 0.6) is 0 Å².